The Labute approximate surface area is 74.9 Å². The molecule has 70 valence electrons. The van der Waals surface area contributed by atoms with Gasteiger partial charge in [-0.1, -0.05) is 0 Å². The zero-order chi connectivity index (χ0) is 9.16. The van der Waals surface area contributed by atoms with E-state index in [-0.39, 0.29) is 23.9 Å². The van der Waals surface area contributed by atoms with Gasteiger partial charge in [0.1, 0.15) is 6.10 Å². The van der Waals surface area contributed by atoms with Crippen molar-refractivity contribution in [2.75, 3.05) is 0 Å². The van der Waals surface area contributed by atoms with Crippen molar-refractivity contribution in [3.8, 4) is 0 Å². The van der Waals surface area contributed by atoms with Crippen LogP contribution < -0.4 is 5.11 Å². The Balaban J connectivity index is 2.01. The molecule has 0 aromatic rings. The topological polar surface area (TPSA) is 66.4 Å². The fraction of sp³-hybridized carbons (Fsp3) is 0.778. The van der Waals surface area contributed by atoms with Gasteiger partial charge in [-0.2, -0.15) is 0 Å². The molecule has 1 heterocycles. The molecule has 2 bridgehead atoms. The van der Waals surface area contributed by atoms with E-state index >= 15 is 0 Å². The third kappa shape index (κ3) is 0.716. The number of carbonyl (C=O) groups is 2. The van der Waals surface area contributed by atoms with E-state index in [0.717, 1.165) is 12.8 Å². The molecule has 5 atom stereocenters. The molecule has 3 fully saturated rings. The van der Waals surface area contributed by atoms with Crippen molar-refractivity contribution in [2.24, 2.45) is 23.7 Å². The van der Waals surface area contributed by atoms with Crippen molar-refractivity contribution in [3.05, 3.63) is 0 Å². The van der Waals surface area contributed by atoms with Gasteiger partial charge in [-0.25, -0.2) is 0 Å². The van der Waals surface area contributed by atoms with E-state index in [2.05, 4.69) is 0 Å². The van der Waals surface area contributed by atoms with E-state index < -0.39 is 17.8 Å². The van der Waals surface area contributed by atoms with Gasteiger partial charge < -0.3 is 14.6 Å². The largest absolute Gasteiger partial charge is 0.550 e. The summed E-state index contributed by atoms with van der Waals surface area (Å²) in [6.07, 6.45) is 1.57. The van der Waals surface area contributed by atoms with Crippen molar-refractivity contribution in [2.45, 2.75) is 18.9 Å². The molecule has 1 aliphatic heterocycles. The third-order valence-corrected chi connectivity index (χ3v) is 3.76. The fourth-order valence-electron chi connectivity index (χ4n) is 3.33. The smallest absolute Gasteiger partial charge is 0.310 e. The fourth-order valence-corrected chi connectivity index (χ4v) is 3.33. The minimum Gasteiger partial charge on any atom is -0.550 e. The molecule has 0 aromatic carbocycles. The summed E-state index contributed by atoms with van der Waals surface area (Å²) in [5.74, 6) is -2.07. The minimum atomic E-state index is -1.07. The molecule has 4 heteroatoms. The van der Waals surface area contributed by atoms with Crippen LogP contribution in [0.5, 0.6) is 0 Å². The van der Waals surface area contributed by atoms with Crippen molar-refractivity contribution >= 4 is 11.9 Å². The Kier molecular flexibility index (Phi) is 1.16. The Bertz CT molecular complexity index is 296. The number of carbonyl (C=O) groups excluding carboxylic acids is 2. The maximum Gasteiger partial charge on any atom is 0.310 e. The number of esters is 1. The van der Waals surface area contributed by atoms with Crippen LogP contribution in [0.3, 0.4) is 0 Å². The number of aliphatic carboxylic acids is 1. The van der Waals surface area contributed by atoms with Gasteiger partial charge in [0.25, 0.3) is 0 Å². The average Bonchev–Trinajstić information content (AvgIpc) is 2.60. The quantitative estimate of drug-likeness (QED) is 0.483. The monoisotopic (exact) mass is 181 g/mol. The second kappa shape index (κ2) is 2.05. The van der Waals surface area contributed by atoms with Gasteiger partial charge >= 0.3 is 5.97 Å². The lowest BCUT2D eigenvalue weighted by molar-refractivity contribution is -0.314. The molecular formula is C9H9O4-. The highest BCUT2D eigenvalue weighted by molar-refractivity contribution is 5.84. The molecule has 1 saturated heterocycles. The van der Waals surface area contributed by atoms with Crippen LogP contribution >= 0.6 is 0 Å². The lowest BCUT2D eigenvalue weighted by Gasteiger charge is -2.24. The molecular weight excluding hydrogens is 172 g/mol. The van der Waals surface area contributed by atoms with E-state index in [1.807, 2.05) is 0 Å². The summed E-state index contributed by atoms with van der Waals surface area (Å²) in [6, 6.07) is 0. The van der Waals surface area contributed by atoms with E-state index in [1.165, 1.54) is 0 Å². The van der Waals surface area contributed by atoms with Gasteiger partial charge in [-0.3, -0.25) is 4.79 Å². The molecule has 5 unspecified atom stereocenters. The van der Waals surface area contributed by atoms with Gasteiger partial charge in [0.05, 0.1) is 5.92 Å². The lowest BCUT2D eigenvalue weighted by Crippen LogP contribution is -2.40. The SMILES string of the molecule is O=C([O-])C1C2CC3OC(=O)C1C3C2. The Morgan fingerprint density at radius 1 is 1.46 bits per heavy atom. The summed E-state index contributed by atoms with van der Waals surface area (Å²) >= 11 is 0. The Morgan fingerprint density at radius 2 is 2.23 bits per heavy atom. The minimum absolute atomic E-state index is 0.0121. The van der Waals surface area contributed by atoms with Crippen LogP contribution in [0.15, 0.2) is 0 Å². The number of ether oxygens (including phenoxy) is 1. The number of fused-ring (bicyclic) bond motifs is 1. The lowest BCUT2D eigenvalue weighted by atomic mass is 9.80. The summed E-state index contributed by atoms with van der Waals surface area (Å²) in [6.45, 7) is 0. The first-order valence-corrected chi connectivity index (χ1v) is 4.60. The zero-order valence-electron chi connectivity index (χ0n) is 6.93. The van der Waals surface area contributed by atoms with E-state index in [0.29, 0.717) is 0 Å². The van der Waals surface area contributed by atoms with Crippen molar-refractivity contribution in [1.82, 2.24) is 0 Å². The van der Waals surface area contributed by atoms with Crippen LogP contribution in [-0.2, 0) is 14.3 Å². The summed E-state index contributed by atoms with van der Waals surface area (Å²) in [7, 11) is 0. The van der Waals surface area contributed by atoms with Crippen LogP contribution in [0.2, 0.25) is 0 Å². The van der Waals surface area contributed by atoms with Gasteiger partial charge in [-0.15, -0.1) is 0 Å². The first-order chi connectivity index (χ1) is 6.18. The third-order valence-electron chi connectivity index (χ3n) is 3.76. The van der Waals surface area contributed by atoms with Crippen molar-refractivity contribution in [3.63, 3.8) is 0 Å². The number of carboxylic acid groups (broad SMARTS) is 1. The molecule has 4 nitrogen and oxygen atoms in total. The first kappa shape index (κ1) is 7.35. The number of hydrogen-bond donors (Lipinski definition) is 0. The second-order valence-corrected chi connectivity index (χ2v) is 4.24. The predicted octanol–water partition coefficient (Wildman–Crippen LogP) is -1.07. The molecule has 13 heavy (non-hydrogen) atoms. The molecule has 0 N–H and O–H groups in total. The Morgan fingerprint density at radius 3 is 2.92 bits per heavy atom. The zero-order valence-corrected chi connectivity index (χ0v) is 6.93. The highest BCUT2D eigenvalue weighted by atomic mass is 16.6. The van der Waals surface area contributed by atoms with Crippen LogP contribution in [0.4, 0.5) is 0 Å². The number of hydrogen-bond acceptors (Lipinski definition) is 4. The molecule has 3 aliphatic rings. The van der Waals surface area contributed by atoms with Gasteiger partial charge in [0, 0.05) is 17.8 Å². The molecule has 0 spiro atoms. The summed E-state index contributed by atoms with van der Waals surface area (Å²) < 4.78 is 5.09. The summed E-state index contributed by atoms with van der Waals surface area (Å²) in [5, 5.41) is 10.8. The summed E-state index contributed by atoms with van der Waals surface area (Å²) in [4.78, 5) is 22.1. The van der Waals surface area contributed by atoms with Crippen LogP contribution in [-0.4, -0.2) is 18.0 Å². The average molecular weight is 181 g/mol. The highest BCUT2D eigenvalue weighted by Crippen LogP contribution is 2.57. The maximum atomic E-state index is 11.3. The van der Waals surface area contributed by atoms with Crippen LogP contribution in [0.25, 0.3) is 0 Å². The Hall–Kier alpha value is -1.06. The molecule has 2 aliphatic carbocycles. The standard InChI is InChI=1S/C9H10O4/c10-8(11)6-3-1-4-5(2-3)13-9(12)7(4)6/h3-7H,1-2H2,(H,10,11)/p-1. The summed E-state index contributed by atoms with van der Waals surface area (Å²) in [5.41, 5.74) is 0. The van der Waals surface area contributed by atoms with Gasteiger partial charge in [0.15, 0.2) is 0 Å². The van der Waals surface area contributed by atoms with Crippen LogP contribution in [0, 0.1) is 23.7 Å². The highest BCUT2D eigenvalue weighted by Gasteiger charge is 2.62. The van der Waals surface area contributed by atoms with Crippen LogP contribution in [0.1, 0.15) is 12.8 Å². The van der Waals surface area contributed by atoms with E-state index in [9.17, 15) is 14.7 Å². The second-order valence-electron chi connectivity index (χ2n) is 4.24. The molecule has 0 radical (unpaired) electrons. The van der Waals surface area contributed by atoms with E-state index in [4.69, 9.17) is 4.74 Å². The van der Waals surface area contributed by atoms with Crippen molar-refractivity contribution < 1.29 is 19.4 Å². The molecule has 3 rings (SSSR count). The molecule has 0 aromatic heterocycles. The molecule has 2 saturated carbocycles. The molecule has 0 amide bonds. The normalized spacial score (nSPS) is 51.1. The number of rotatable bonds is 1. The number of carboxylic acids is 1. The maximum absolute atomic E-state index is 11.3. The van der Waals surface area contributed by atoms with E-state index in [1.54, 1.807) is 0 Å². The van der Waals surface area contributed by atoms with Gasteiger partial charge in [-0.05, 0) is 18.8 Å². The van der Waals surface area contributed by atoms with Crippen molar-refractivity contribution in [1.29, 1.82) is 0 Å². The first-order valence-electron chi connectivity index (χ1n) is 4.60. The predicted molar refractivity (Wildman–Crippen MR) is 38.1 cm³/mol. The van der Waals surface area contributed by atoms with Gasteiger partial charge in [0.2, 0.25) is 0 Å².